The zero-order valence-corrected chi connectivity index (χ0v) is 17.6. The second-order valence-corrected chi connectivity index (χ2v) is 14.1. The number of rotatable bonds is 4. The predicted molar refractivity (Wildman–Crippen MR) is 91.9 cm³/mol. The van der Waals surface area contributed by atoms with E-state index in [1.807, 2.05) is 0 Å². The molecule has 28 heavy (non-hydrogen) atoms. The van der Waals surface area contributed by atoms with E-state index in [4.69, 9.17) is 4.74 Å². The summed E-state index contributed by atoms with van der Waals surface area (Å²) in [6.07, 6.45) is -2.55. The third-order valence-corrected chi connectivity index (χ3v) is 11.5. The minimum atomic E-state index is -5.82. The van der Waals surface area contributed by atoms with Crippen LogP contribution in [0.1, 0.15) is 19.3 Å². The van der Waals surface area contributed by atoms with Gasteiger partial charge in [-0.05, 0) is 19.3 Å². The van der Waals surface area contributed by atoms with Crippen molar-refractivity contribution in [3.63, 3.8) is 0 Å². The molecule has 166 valence electrons. The molecule has 2 aliphatic rings. The Balaban J connectivity index is 2.94. The smallest absolute Gasteiger partial charge is 0.332 e. The van der Waals surface area contributed by atoms with Gasteiger partial charge in [-0.15, -0.1) is 0 Å². The van der Waals surface area contributed by atoms with E-state index in [9.17, 15) is 62.5 Å². The lowest BCUT2D eigenvalue weighted by molar-refractivity contribution is -0.122. The van der Waals surface area contributed by atoms with Gasteiger partial charge >= 0.3 is 30.4 Å². The first-order chi connectivity index (χ1) is 12.3. The van der Waals surface area contributed by atoms with Gasteiger partial charge in [-0.1, -0.05) is 0 Å². The average molecular weight is 490 g/mol. The number of ether oxygens (including phenoxy) is 1. The summed E-state index contributed by atoms with van der Waals surface area (Å²) in [6.45, 7) is -0.258. The second kappa shape index (κ2) is 7.58. The van der Waals surface area contributed by atoms with Crippen LogP contribution in [0.25, 0.3) is 0 Å². The van der Waals surface area contributed by atoms with E-state index in [1.54, 1.807) is 0 Å². The molecule has 0 amide bonds. The number of hydrogen-bond donors (Lipinski definition) is 9. The number of fused-ring (bicyclic) bond motifs is 1. The van der Waals surface area contributed by atoms with E-state index >= 15 is 0 Å². The first-order valence-electron chi connectivity index (χ1n) is 7.88. The molecule has 6 atom stereocenters. The largest absolute Gasteiger partial charge is 0.386 e. The molecular weight excluding hydrogens is 468 g/mol. The van der Waals surface area contributed by atoms with E-state index in [2.05, 4.69) is 0 Å². The predicted octanol–water partition coefficient (Wildman–Crippen LogP) is -1.51. The maximum Gasteiger partial charge on any atom is 0.332 e. The summed E-state index contributed by atoms with van der Waals surface area (Å²) in [5.41, 5.74) is -14.0. The van der Waals surface area contributed by atoms with Gasteiger partial charge in [-0.2, -0.15) is 0 Å². The molecule has 0 radical (unpaired) electrons. The summed E-state index contributed by atoms with van der Waals surface area (Å²) in [5.74, 6) is 0. The van der Waals surface area contributed by atoms with Crippen molar-refractivity contribution in [2.75, 3.05) is 6.61 Å². The van der Waals surface area contributed by atoms with E-state index in [-0.39, 0.29) is 19.4 Å². The van der Waals surface area contributed by atoms with Crippen LogP contribution in [0.15, 0.2) is 0 Å². The molecule has 0 aromatic carbocycles. The Morgan fingerprint density at radius 1 is 0.679 bits per heavy atom. The minimum absolute atomic E-state index is 0.0197. The van der Waals surface area contributed by atoms with Gasteiger partial charge in [0.1, 0.15) is 23.0 Å². The van der Waals surface area contributed by atoms with Crippen LogP contribution >= 0.6 is 30.4 Å². The molecule has 1 saturated carbocycles. The van der Waals surface area contributed by atoms with Crippen LogP contribution in [0.3, 0.4) is 0 Å². The molecule has 18 heteroatoms. The molecule has 14 nitrogen and oxygen atoms in total. The summed E-state index contributed by atoms with van der Waals surface area (Å²) < 4.78 is 53.5. The van der Waals surface area contributed by atoms with Crippen LogP contribution in [-0.4, -0.2) is 85.2 Å². The molecule has 9 N–H and O–H groups in total. The fourth-order valence-electron chi connectivity index (χ4n) is 4.23. The van der Waals surface area contributed by atoms with Crippen LogP contribution in [0, 0.1) is 0 Å². The van der Waals surface area contributed by atoms with Gasteiger partial charge in [0.05, 0.1) is 11.3 Å². The monoisotopic (exact) mass is 490 g/mol. The molecule has 1 unspecified atom stereocenters. The Labute approximate surface area is 158 Å². The Bertz CT molecular complexity index is 790. The third-order valence-electron chi connectivity index (χ3n) is 5.13. The minimum Gasteiger partial charge on any atom is -0.386 e. The van der Waals surface area contributed by atoms with Crippen LogP contribution < -0.4 is 0 Å². The third kappa shape index (κ3) is 4.56. The first kappa shape index (κ1) is 24.8. The van der Waals surface area contributed by atoms with Crippen LogP contribution in [0.5, 0.6) is 0 Å². The lowest BCUT2D eigenvalue weighted by atomic mass is 9.77. The second-order valence-electron chi connectivity index (χ2n) is 7.01. The lowest BCUT2D eigenvalue weighted by Gasteiger charge is -2.54. The molecule has 1 aliphatic carbocycles. The number of hydrogen-bond acceptors (Lipinski definition) is 6. The van der Waals surface area contributed by atoms with Gasteiger partial charge in [0.15, 0.2) is 0 Å². The molecule has 0 spiro atoms. The zero-order chi connectivity index (χ0) is 21.9. The van der Waals surface area contributed by atoms with Gasteiger partial charge in [0.25, 0.3) is 0 Å². The quantitative estimate of drug-likeness (QED) is 0.203. The first-order valence-corrected chi connectivity index (χ1v) is 14.6. The molecule has 2 rings (SSSR count). The summed E-state index contributed by atoms with van der Waals surface area (Å²) in [6, 6.07) is 0. The van der Waals surface area contributed by atoms with Crippen LogP contribution in [0.4, 0.5) is 0 Å². The maximum absolute atomic E-state index is 12.1. The Morgan fingerprint density at radius 3 is 1.54 bits per heavy atom. The van der Waals surface area contributed by atoms with Crippen molar-refractivity contribution in [3.05, 3.63) is 0 Å². The van der Waals surface area contributed by atoms with E-state index in [0.717, 1.165) is 0 Å². The number of aliphatic hydroxyl groups is 1. The lowest BCUT2D eigenvalue weighted by Crippen LogP contribution is -2.70. The van der Waals surface area contributed by atoms with E-state index < -0.39 is 71.1 Å². The summed E-state index contributed by atoms with van der Waals surface area (Å²) in [4.78, 5) is 77.7. The highest BCUT2D eigenvalue weighted by Crippen LogP contribution is 2.72. The highest BCUT2D eigenvalue weighted by Gasteiger charge is 2.74. The van der Waals surface area contributed by atoms with Gasteiger partial charge in [0, 0.05) is 6.61 Å². The Morgan fingerprint density at radius 2 is 1.14 bits per heavy atom. The standard InChI is InChI=1S/C10H22O14P4/c11-10-3-1-2-4-24-8(10)6(26(15,16)17)5(25(12,13)14)7(27(18,19)20)9(10)28(21,22)23/h5-9,11H,1-4H2,(H2,12,13,14)(H2,15,16,17)(H2,18,19,20)(H2,21,22,23)/t5-,6-,7+,8?,9-,10+/m1/s1. The fourth-order valence-corrected chi connectivity index (χ4v) is 12.7. The van der Waals surface area contributed by atoms with E-state index in [1.165, 1.54) is 0 Å². The van der Waals surface area contributed by atoms with Crippen molar-refractivity contribution in [1.29, 1.82) is 0 Å². The van der Waals surface area contributed by atoms with Crippen molar-refractivity contribution in [3.8, 4) is 0 Å². The van der Waals surface area contributed by atoms with Crippen molar-refractivity contribution in [1.82, 2.24) is 0 Å². The van der Waals surface area contributed by atoms with Gasteiger partial charge in [-0.3, -0.25) is 18.3 Å². The normalized spacial score (nSPS) is 38.5. The van der Waals surface area contributed by atoms with Crippen molar-refractivity contribution < 1.29 is 67.3 Å². The topological polar surface area (TPSA) is 260 Å². The summed E-state index contributed by atoms with van der Waals surface area (Å²) in [5, 5.41) is 11.1. The zero-order valence-electron chi connectivity index (χ0n) is 14.1. The molecule has 2 fully saturated rings. The van der Waals surface area contributed by atoms with E-state index in [0.29, 0.717) is 0 Å². The molecule has 1 aliphatic heterocycles. The molecule has 0 aromatic rings. The molecule has 1 saturated heterocycles. The fraction of sp³-hybridized carbons (Fsp3) is 1.00. The highest BCUT2D eigenvalue weighted by molar-refractivity contribution is 7.61. The van der Waals surface area contributed by atoms with Crippen LogP contribution in [-0.2, 0) is 23.0 Å². The van der Waals surface area contributed by atoms with Crippen molar-refractivity contribution >= 4 is 30.4 Å². The SMILES string of the molecule is O=P(O)(O)[C@H]1[C@H](P(=O)(O)O)[C@@H](P(=O)(O)O)C2OCCCC[C@@]2(O)[C@@H]1P(=O)(O)O. The Hall–Kier alpha value is 0.520. The van der Waals surface area contributed by atoms with Crippen molar-refractivity contribution in [2.24, 2.45) is 0 Å². The molecule has 0 bridgehead atoms. The molecular formula is C10H22O14P4. The van der Waals surface area contributed by atoms with Gasteiger partial charge in [-0.25, -0.2) is 0 Å². The van der Waals surface area contributed by atoms with Crippen molar-refractivity contribution in [2.45, 2.75) is 53.6 Å². The summed E-state index contributed by atoms with van der Waals surface area (Å²) in [7, 11) is -22.9. The van der Waals surface area contributed by atoms with Gasteiger partial charge < -0.3 is 49.0 Å². The highest BCUT2D eigenvalue weighted by atomic mass is 31.2. The maximum atomic E-state index is 12.1. The van der Waals surface area contributed by atoms with Crippen LogP contribution in [0.2, 0.25) is 0 Å². The van der Waals surface area contributed by atoms with Gasteiger partial charge in [0.2, 0.25) is 0 Å². The molecule has 1 heterocycles. The average Bonchev–Trinajstić information content (AvgIpc) is 2.61. The Kier molecular flexibility index (Phi) is 6.71. The summed E-state index contributed by atoms with van der Waals surface area (Å²) >= 11 is 0. The molecule has 0 aromatic heterocycles.